The number of aryl methyl sites for hydroxylation is 1. The SMILES string of the molecule is CCCCOP(=O)(OCCCC)[C@@H](Nc1ccc(CC)cc1)c1ccccc1. The number of nitrogens with one attached hydrogen (secondary N) is 1. The Bertz CT molecular complexity index is 704. The van der Waals surface area contributed by atoms with Crippen molar-refractivity contribution in [3.63, 3.8) is 0 Å². The molecule has 0 aliphatic rings. The number of benzene rings is 2. The predicted octanol–water partition coefficient (Wildman–Crippen LogP) is 7.19. The lowest BCUT2D eigenvalue weighted by atomic mass is 10.1. The minimum absolute atomic E-state index is 0.430. The van der Waals surface area contributed by atoms with Gasteiger partial charge in [-0.2, -0.15) is 0 Å². The highest BCUT2D eigenvalue weighted by atomic mass is 31.2. The molecular formula is C23H34NO3P. The van der Waals surface area contributed by atoms with Gasteiger partial charge in [-0.3, -0.25) is 4.57 Å². The molecule has 2 aromatic carbocycles. The van der Waals surface area contributed by atoms with Crippen LogP contribution in [0.5, 0.6) is 0 Å². The number of hydrogen-bond donors (Lipinski definition) is 1. The normalized spacial score (nSPS) is 12.7. The Morgan fingerprint density at radius 1 is 0.857 bits per heavy atom. The summed E-state index contributed by atoms with van der Waals surface area (Å²) in [4.78, 5) is 0. The summed E-state index contributed by atoms with van der Waals surface area (Å²) < 4.78 is 25.7. The average molecular weight is 404 g/mol. The van der Waals surface area contributed by atoms with Gasteiger partial charge in [-0.15, -0.1) is 0 Å². The lowest BCUT2D eigenvalue weighted by molar-refractivity contribution is 0.194. The van der Waals surface area contributed by atoms with Crippen molar-refractivity contribution in [1.82, 2.24) is 0 Å². The molecule has 0 unspecified atom stereocenters. The summed E-state index contributed by atoms with van der Waals surface area (Å²) in [6, 6.07) is 18.0. The first kappa shape index (κ1) is 22.7. The molecule has 0 spiro atoms. The Kier molecular flexibility index (Phi) is 9.77. The quantitative estimate of drug-likeness (QED) is 0.284. The molecule has 0 amide bonds. The molecule has 0 fully saturated rings. The van der Waals surface area contributed by atoms with E-state index in [2.05, 4.69) is 38.2 Å². The number of hydrogen-bond acceptors (Lipinski definition) is 4. The summed E-state index contributed by atoms with van der Waals surface area (Å²) in [5.74, 6) is -0.546. The molecular weight excluding hydrogens is 369 g/mol. The Labute approximate surface area is 170 Å². The van der Waals surface area contributed by atoms with Gasteiger partial charge >= 0.3 is 7.60 Å². The first-order valence-corrected chi connectivity index (χ1v) is 12.0. The fourth-order valence-electron chi connectivity index (χ4n) is 2.83. The minimum Gasteiger partial charge on any atom is -0.368 e. The molecule has 154 valence electrons. The molecule has 0 bridgehead atoms. The molecule has 0 radical (unpaired) electrons. The Morgan fingerprint density at radius 3 is 1.93 bits per heavy atom. The van der Waals surface area contributed by atoms with Gasteiger partial charge in [-0.05, 0) is 42.5 Å². The number of rotatable bonds is 13. The van der Waals surface area contributed by atoms with Crippen LogP contribution in [0.25, 0.3) is 0 Å². The van der Waals surface area contributed by atoms with E-state index < -0.39 is 13.4 Å². The first-order valence-electron chi connectivity index (χ1n) is 10.4. The van der Waals surface area contributed by atoms with Gasteiger partial charge in [-0.25, -0.2) is 0 Å². The Hall–Kier alpha value is -1.61. The molecule has 4 nitrogen and oxygen atoms in total. The van der Waals surface area contributed by atoms with E-state index in [4.69, 9.17) is 9.05 Å². The van der Waals surface area contributed by atoms with Crippen molar-refractivity contribution in [3.05, 3.63) is 65.7 Å². The third kappa shape index (κ3) is 6.77. The smallest absolute Gasteiger partial charge is 0.357 e. The van der Waals surface area contributed by atoms with E-state index >= 15 is 0 Å². The Balaban J connectivity index is 2.32. The second kappa shape index (κ2) is 12.1. The van der Waals surface area contributed by atoms with Crippen molar-refractivity contribution in [1.29, 1.82) is 0 Å². The third-order valence-corrected chi connectivity index (χ3v) is 6.78. The number of anilines is 1. The van der Waals surface area contributed by atoms with Crippen molar-refractivity contribution in [2.75, 3.05) is 18.5 Å². The zero-order valence-corrected chi connectivity index (χ0v) is 18.3. The van der Waals surface area contributed by atoms with Crippen LogP contribution in [-0.4, -0.2) is 13.2 Å². The summed E-state index contributed by atoms with van der Waals surface area (Å²) in [5, 5.41) is 3.43. The van der Waals surface area contributed by atoms with Crippen LogP contribution in [0, 0.1) is 0 Å². The van der Waals surface area contributed by atoms with Gasteiger partial charge in [0.2, 0.25) is 0 Å². The standard InChI is InChI=1S/C23H34NO3P/c1-4-7-18-26-28(25,27-19-8-5-2)23(21-12-10-9-11-13-21)24-22-16-14-20(6-3)15-17-22/h9-17,23-24H,4-8,18-19H2,1-3H3/t23-/m1/s1. The molecule has 2 aromatic rings. The molecule has 0 saturated heterocycles. The van der Waals surface area contributed by atoms with Crippen LogP contribution in [0.3, 0.4) is 0 Å². The van der Waals surface area contributed by atoms with Crippen LogP contribution in [0.15, 0.2) is 54.6 Å². The van der Waals surface area contributed by atoms with Gasteiger partial charge in [0.25, 0.3) is 0 Å². The maximum Gasteiger partial charge on any atom is 0.357 e. The van der Waals surface area contributed by atoms with Gasteiger partial charge in [-0.1, -0.05) is 76.1 Å². The fourth-order valence-corrected chi connectivity index (χ4v) is 4.82. The summed E-state index contributed by atoms with van der Waals surface area (Å²) >= 11 is 0. The Morgan fingerprint density at radius 2 is 1.43 bits per heavy atom. The monoisotopic (exact) mass is 403 g/mol. The third-order valence-electron chi connectivity index (χ3n) is 4.64. The summed E-state index contributed by atoms with van der Waals surface area (Å²) in [5.41, 5.74) is 3.08. The van der Waals surface area contributed by atoms with E-state index in [1.54, 1.807) is 0 Å². The molecule has 1 atom stereocenters. The van der Waals surface area contributed by atoms with Crippen LogP contribution in [-0.2, 0) is 20.0 Å². The zero-order valence-electron chi connectivity index (χ0n) is 17.4. The van der Waals surface area contributed by atoms with E-state index in [-0.39, 0.29) is 0 Å². The largest absolute Gasteiger partial charge is 0.368 e. The van der Waals surface area contributed by atoms with Crippen LogP contribution >= 0.6 is 7.60 Å². The van der Waals surface area contributed by atoms with Crippen molar-refractivity contribution in [3.8, 4) is 0 Å². The number of unbranched alkanes of at least 4 members (excludes halogenated alkanes) is 2. The molecule has 1 N–H and O–H groups in total. The molecule has 2 rings (SSSR count). The van der Waals surface area contributed by atoms with Gasteiger partial charge in [0.1, 0.15) is 0 Å². The van der Waals surface area contributed by atoms with Gasteiger partial charge in [0, 0.05) is 5.69 Å². The molecule has 0 heterocycles. The maximum absolute atomic E-state index is 13.9. The van der Waals surface area contributed by atoms with E-state index in [1.807, 2.05) is 42.5 Å². The molecule has 0 aromatic heterocycles. The van der Waals surface area contributed by atoms with E-state index in [1.165, 1.54) is 5.56 Å². The van der Waals surface area contributed by atoms with Crippen molar-refractivity contribution < 1.29 is 13.6 Å². The summed E-state index contributed by atoms with van der Waals surface area (Å²) in [7, 11) is -3.41. The van der Waals surface area contributed by atoms with E-state index in [0.717, 1.165) is 43.4 Å². The lowest BCUT2D eigenvalue weighted by Crippen LogP contribution is -2.16. The topological polar surface area (TPSA) is 47.6 Å². The molecule has 5 heteroatoms. The van der Waals surface area contributed by atoms with Crippen LogP contribution in [0.4, 0.5) is 5.69 Å². The zero-order chi connectivity index (χ0) is 20.2. The highest BCUT2D eigenvalue weighted by molar-refractivity contribution is 7.54. The minimum atomic E-state index is -3.41. The highest BCUT2D eigenvalue weighted by Crippen LogP contribution is 2.61. The van der Waals surface area contributed by atoms with E-state index in [9.17, 15) is 4.57 Å². The second-order valence-corrected chi connectivity index (χ2v) is 9.03. The maximum atomic E-state index is 13.9. The average Bonchev–Trinajstić information content (AvgIpc) is 2.73. The highest BCUT2D eigenvalue weighted by Gasteiger charge is 2.37. The summed E-state index contributed by atoms with van der Waals surface area (Å²) in [6.07, 6.45) is 4.66. The van der Waals surface area contributed by atoms with Crippen LogP contribution < -0.4 is 5.32 Å². The van der Waals surface area contributed by atoms with Gasteiger partial charge < -0.3 is 14.4 Å². The van der Waals surface area contributed by atoms with Gasteiger partial charge in [0.05, 0.1) is 13.2 Å². The molecule has 0 aliphatic heterocycles. The first-order chi connectivity index (χ1) is 13.6. The van der Waals surface area contributed by atoms with Crippen molar-refractivity contribution in [2.45, 2.75) is 58.7 Å². The molecule has 28 heavy (non-hydrogen) atoms. The summed E-state index contributed by atoms with van der Waals surface area (Å²) in [6.45, 7) is 7.18. The predicted molar refractivity (Wildman–Crippen MR) is 118 cm³/mol. The van der Waals surface area contributed by atoms with Crippen LogP contribution in [0.2, 0.25) is 0 Å². The fraction of sp³-hybridized carbons (Fsp3) is 0.478. The van der Waals surface area contributed by atoms with E-state index in [0.29, 0.717) is 13.2 Å². The second-order valence-electron chi connectivity index (χ2n) is 6.92. The van der Waals surface area contributed by atoms with Crippen LogP contribution in [0.1, 0.15) is 63.4 Å². The lowest BCUT2D eigenvalue weighted by Gasteiger charge is -2.29. The van der Waals surface area contributed by atoms with Crippen molar-refractivity contribution in [2.24, 2.45) is 0 Å². The van der Waals surface area contributed by atoms with Crippen molar-refractivity contribution >= 4 is 13.3 Å². The molecule has 0 saturated carbocycles. The molecule has 0 aliphatic carbocycles. The van der Waals surface area contributed by atoms with Gasteiger partial charge in [0.15, 0.2) is 5.78 Å².